The second kappa shape index (κ2) is 21.9. The van der Waals surface area contributed by atoms with Crippen molar-refractivity contribution in [3.05, 3.63) is 47.3 Å². The molecule has 15 nitrogen and oxygen atoms in total. The third-order valence-electron chi connectivity index (χ3n) is 13.9. The van der Waals surface area contributed by atoms with Gasteiger partial charge in [0.2, 0.25) is 5.91 Å². The quantitative estimate of drug-likeness (QED) is 0.113. The van der Waals surface area contributed by atoms with Crippen LogP contribution < -0.4 is 15.6 Å². The van der Waals surface area contributed by atoms with Gasteiger partial charge in [-0.3, -0.25) is 29.4 Å². The predicted octanol–water partition coefficient (Wildman–Crippen LogP) is 6.43. The van der Waals surface area contributed by atoms with E-state index in [1.54, 1.807) is 23.9 Å². The first kappa shape index (κ1) is 49.8. The van der Waals surface area contributed by atoms with Crippen LogP contribution in [0.4, 0.5) is 5.69 Å². The highest BCUT2D eigenvalue weighted by molar-refractivity contribution is 8.14. The van der Waals surface area contributed by atoms with E-state index in [0.717, 1.165) is 83.7 Å². The molecule has 7 atom stereocenters. The summed E-state index contributed by atoms with van der Waals surface area (Å²) < 4.78 is 26.5. The number of benzene rings is 1. The number of fused-ring (bicyclic) bond motifs is 1. The summed E-state index contributed by atoms with van der Waals surface area (Å²) in [5, 5.41) is 6.59. The third-order valence-corrected chi connectivity index (χ3v) is 15.1. The van der Waals surface area contributed by atoms with Crippen molar-refractivity contribution in [3.8, 4) is 11.3 Å². The number of methoxy groups -OCH3 is 1. The lowest BCUT2D eigenvalue weighted by atomic mass is 9.84. The highest BCUT2D eigenvalue weighted by Gasteiger charge is 2.50. The van der Waals surface area contributed by atoms with Crippen LogP contribution in [0.25, 0.3) is 22.2 Å². The molecule has 4 aliphatic rings. The van der Waals surface area contributed by atoms with E-state index < -0.39 is 17.6 Å². The monoisotopic (exact) mass is 931 g/mol. The lowest BCUT2D eigenvalue weighted by Gasteiger charge is -2.34. The molecule has 0 bridgehead atoms. The van der Waals surface area contributed by atoms with Crippen molar-refractivity contribution in [2.24, 2.45) is 28.2 Å². The molecule has 2 unspecified atom stereocenters. The SMILES string of the molecule is CCO[C@H](C1=NC(c2ccc3c(c2)c(CC(C)(C)COC=O)c(-c2cc(N4CCN(C)CC4)cnc2[C@H](C)OC)n3CCOC(C)C)CS1)[C@H](NC(=O)C1[C@@H](C)[C@H]1C)C(=O)N1CCCCN1. The van der Waals surface area contributed by atoms with Crippen molar-refractivity contribution in [2.75, 3.05) is 83.9 Å². The van der Waals surface area contributed by atoms with Crippen molar-refractivity contribution in [3.63, 3.8) is 0 Å². The Labute approximate surface area is 396 Å². The summed E-state index contributed by atoms with van der Waals surface area (Å²) >= 11 is 1.59. The van der Waals surface area contributed by atoms with Gasteiger partial charge in [-0.15, -0.1) is 11.8 Å². The molecule has 0 spiro atoms. The summed E-state index contributed by atoms with van der Waals surface area (Å²) in [7, 11) is 3.88. The predicted molar refractivity (Wildman–Crippen MR) is 262 cm³/mol. The number of nitrogens with zero attached hydrogens (tertiary/aromatic N) is 6. The van der Waals surface area contributed by atoms with Gasteiger partial charge in [0.1, 0.15) is 17.2 Å². The molecule has 2 saturated heterocycles. The molecular formula is C50H74N8O7S. The fourth-order valence-electron chi connectivity index (χ4n) is 9.77. The molecule has 2 N–H and O–H groups in total. The van der Waals surface area contributed by atoms with Crippen LogP contribution in [0.15, 0.2) is 35.5 Å². The summed E-state index contributed by atoms with van der Waals surface area (Å²) in [6.45, 7) is 23.7. The number of ether oxygens (including phenoxy) is 4. The largest absolute Gasteiger partial charge is 0.467 e. The maximum atomic E-state index is 14.3. The van der Waals surface area contributed by atoms with E-state index in [1.807, 2.05) is 20.0 Å². The third kappa shape index (κ3) is 11.3. The van der Waals surface area contributed by atoms with Crippen LogP contribution >= 0.6 is 11.8 Å². The highest BCUT2D eigenvalue weighted by atomic mass is 32.2. The van der Waals surface area contributed by atoms with Crippen molar-refractivity contribution in [2.45, 2.75) is 112 Å². The van der Waals surface area contributed by atoms with Crippen LogP contribution in [0.3, 0.4) is 0 Å². The average Bonchev–Trinajstić information content (AvgIpc) is 3.57. The van der Waals surface area contributed by atoms with Crippen LogP contribution in [0.1, 0.15) is 97.2 Å². The Morgan fingerprint density at radius 1 is 1.05 bits per heavy atom. The van der Waals surface area contributed by atoms with Crippen molar-refractivity contribution < 1.29 is 33.3 Å². The van der Waals surface area contributed by atoms with E-state index in [9.17, 15) is 14.4 Å². The van der Waals surface area contributed by atoms with Crippen molar-refractivity contribution in [1.29, 1.82) is 0 Å². The summed E-state index contributed by atoms with van der Waals surface area (Å²) in [5.41, 5.74) is 9.98. The Morgan fingerprint density at radius 3 is 2.45 bits per heavy atom. The number of piperazine rings is 1. The molecule has 16 heteroatoms. The fraction of sp³-hybridized carbons (Fsp3) is 0.660. The maximum absolute atomic E-state index is 14.3. The van der Waals surface area contributed by atoms with Gasteiger partial charge < -0.3 is 38.6 Å². The van der Waals surface area contributed by atoms with Crippen LogP contribution in [0, 0.1) is 23.2 Å². The molecule has 2 aromatic heterocycles. The molecule has 1 aromatic carbocycles. The minimum absolute atomic E-state index is 0.0552. The van der Waals surface area contributed by atoms with Gasteiger partial charge >= 0.3 is 0 Å². The topological polar surface area (TPSA) is 152 Å². The second-order valence-electron chi connectivity index (χ2n) is 19.7. The number of amides is 2. The Morgan fingerprint density at radius 2 is 1.80 bits per heavy atom. The number of hydrogen-bond acceptors (Lipinski definition) is 13. The van der Waals surface area contributed by atoms with Gasteiger partial charge in [-0.25, -0.2) is 5.43 Å². The zero-order chi connectivity index (χ0) is 47.3. The minimum atomic E-state index is -0.929. The molecule has 1 aliphatic carbocycles. The molecule has 66 heavy (non-hydrogen) atoms. The smallest absolute Gasteiger partial charge is 0.293 e. The summed E-state index contributed by atoms with van der Waals surface area (Å²) in [5.74, 6) is 0.719. The molecule has 7 rings (SSSR count). The van der Waals surface area contributed by atoms with E-state index in [0.29, 0.717) is 56.5 Å². The number of aromatic nitrogens is 2. The second-order valence-corrected chi connectivity index (χ2v) is 20.8. The Balaban J connectivity index is 1.35. The zero-order valence-electron chi connectivity index (χ0n) is 40.9. The molecule has 3 aliphatic heterocycles. The van der Waals surface area contributed by atoms with Gasteiger partial charge in [0, 0.05) is 93.1 Å². The zero-order valence-corrected chi connectivity index (χ0v) is 41.7. The number of anilines is 1. The highest BCUT2D eigenvalue weighted by Crippen LogP contribution is 2.46. The number of pyridine rings is 1. The van der Waals surface area contributed by atoms with Crippen LogP contribution in [0.2, 0.25) is 0 Å². The van der Waals surface area contributed by atoms with E-state index in [-0.39, 0.29) is 54.4 Å². The number of carbonyl (C=O) groups excluding carboxylic acids is 3. The molecule has 3 aromatic rings. The first-order valence-corrected chi connectivity index (χ1v) is 25.1. The molecule has 5 heterocycles. The van der Waals surface area contributed by atoms with Crippen molar-refractivity contribution in [1.82, 2.24) is 30.2 Å². The number of hydrazine groups is 1. The minimum Gasteiger partial charge on any atom is -0.467 e. The number of likely N-dealkylation sites (N-methyl/N-ethyl adjacent to an activating group) is 1. The molecule has 1 saturated carbocycles. The first-order chi connectivity index (χ1) is 31.7. The van der Waals surface area contributed by atoms with Gasteiger partial charge in [0.15, 0.2) is 0 Å². The van der Waals surface area contributed by atoms with Gasteiger partial charge in [-0.05, 0) is 95.2 Å². The van der Waals surface area contributed by atoms with Crippen molar-refractivity contribution >= 4 is 51.7 Å². The Hall–Kier alpha value is -4.06. The van der Waals surface area contributed by atoms with Gasteiger partial charge in [0.25, 0.3) is 12.4 Å². The van der Waals surface area contributed by atoms with E-state index in [2.05, 4.69) is 98.0 Å². The molecule has 362 valence electrons. The molecule has 3 fully saturated rings. The number of carbonyl (C=O) groups is 3. The standard InChI is InChI=1S/C50H74N8O7S/c1-11-64-46(44(49(61)58-17-13-12-16-52-58)54-47(60)42-32(4)33(42)5)48-53-40(28-66-48)35-14-15-41-37(24-35)39(26-50(7,8)29-63-30-59)45(57(41)22-23-65-31(2)3)38-25-36(27-51-43(38)34(6)62-10)56-20-18-55(9)19-21-56/h14-15,24-25,27,30-34,40,42,44,46,52H,11-13,16-23,26,28-29H2,1-10H3,(H,54,60)/t32-,33+,34-,40?,42?,44-,46-/m0/s1. The maximum Gasteiger partial charge on any atom is 0.293 e. The van der Waals surface area contributed by atoms with E-state index in [1.165, 1.54) is 0 Å². The first-order valence-electron chi connectivity index (χ1n) is 24.1. The normalized spacial score (nSPS) is 22.9. The lowest BCUT2D eigenvalue weighted by molar-refractivity contribution is -0.143. The summed E-state index contributed by atoms with van der Waals surface area (Å²) in [6.07, 6.45) is 3.46. The Kier molecular flexibility index (Phi) is 16.6. The van der Waals surface area contributed by atoms with E-state index >= 15 is 0 Å². The average molecular weight is 931 g/mol. The molecule has 2 amide bonds. The summed E-state index contributed by atoms with van der Waals surface area (Å²) in [6, 6.07) is 7.76. The van der Waals surface area contributed by atoms with Gasteiger partial charge in [0.05, 0.1) is 54.7 Å². The fourth-order valence-corrected chi connectivity index (χ4v) is 10.9. The van der Waals surface area contributed by atoms with E-state index in [4.69, 9.17) is 28.9 Å². The van der Waals surface area contributed by atoms with Crippen LogP contribution in [-0.4, -0.2) is 140 Å². The number of aliphatic imine (C=N–C) groups is 1. The number of thioether (sulfide) groups is 1. The lowest BCUT2D eigenvalue weighted by Crippen LogP contribution is -2.61. The number of rotatable bonds is 21. The summed E-state index contributed by atoms with van der Waals surface area (Å²) in [4.78, 5) is 54.9. The Bertz CT molecular complexity index is 2190. The van der Waals surface area contributed by atoms with Gasteiger partial charge in [-0.1, -0.05) is 33.8 Å². The molecular weight excluding hydrogens is 857 g/mol. The van der Waals surface area contributed by atoms with Crippen LogP contribution in [-0.2, 0) is 46.3 Å². The molecule has 0 radical (unpaired) electrons. The number of hydrogen-bond donors (Lipinski definition) is 2. The van der Waals surface area contributed by atoms with Gasteiger partial charge in [-0.2, -0.15) is 0 Å². The van der Waals surface area contributed by atoms with Crippen LogP contribution in [0.5, 0.6) is 0 Å². The number of nitrogens with one attached hydrogen (secondary N) is 2.